The molecule has 2 heterocycles. The van der Waals surface area contributed by atoms with Crippen LogP contribution in [0.1, 0.15) is 17.5 Å². The highest BCUT2D eigenvalue weighted by Gasteiger charge is 2.52. The maximum absolute atomic E-state index is 12.5. The highest BCUT2D eigenvalue weighted by Crippen LogP contribution is 2.34. The van der Waals surface area contributed by atoms with E-state index in [1.165, 1.54) is 12.1 Å². The molecule has 4 nitrogen and oxygen atoms in total. The molecule has 2 aliphatic rings. The molecule has 2 saturated heterocycles. The zero-order chi connectivity index (χ0) is 16.0. The number of hydrogen-bond donors (Lipinski definition) is 1. The first-order chi connectivity index (χ1) is 10.3. The summed E-state index contributed by atoms with van der Waals surface area (Å²) in [5.74, 6) is 1.06. The summed E-state index contributed by atoms with van der Waals surface area (Å²) in [4.78, 5) is 25.5. The van der Waals surface area contributed by atoms with Gasteiger partial charge in [0.15, 0.2) is 0 Å². The topological polar surface area (TPSA) is 49.4 Å². The van der Waals surface area contributed by atoms with E-state index in [1.807, 2.05) is 0 Å². The number of nitrogens with one attached hydrogen (secondary N) is 1. The minimum Gasteiger partial charge on any atom is -0.322 e. The van der Waals surface area contributed by atoms with Gasteiger partial charge in [-0.1, -0.05) is 12.1 Å². The summed E-state index contributed by atoms with van der Waals surface area (Å²) in [6.45, 7) is -0.0186. The third kappa shape index (κ3) is 2.55. The van der Waals surface area contributed by atoms with Crippen molar-refractivity contribution in [1.82, 2.24) is 10.2 Å². The van der Waals surface area contributed by atoms with Gasteiger partial charge < -0.3 is 5.32 Å². The molecule has 0 unspecified atom stereocenters. The van der Waals surface area contributed by atoms with E-state index in [4.69, 9.17) is 0 Å². The van der Waals surface area contributed by atoms with Gasteiger partial charge in [-0.05, 0) is 29.9 Å². The van der Waals surface area contributed by atoms with Crippen molar-refractivity contribution in [3.63, 3.8) is 0 Å². The fourth-order valence-corrected chi connectivity index (χ4v) is 3.96. The number of carbonyl (C=O) groups is 2. The maximum Gasteiger partial charge on any atom is 0.416 e. The summed E-state index contributed by atoms with van der Waals surface area (Å²) < 4.78 is 37.6. The van der Waals surface area contributed by atoms with E-state index < -0.39 is 23.3 Å². The molecular weight excluding hydrogens is 317 g/mol. The molecule has 1 aromatic carbocycles. The van der Waals surface area contributed by atoms with E-state index in [0.717, 1.165) is 22.8 Å². The van der Waals surface area contributed by atoms with Gasteiger partial charge >= 0.3 is 12.2 Å². The first kappa shape index (κ1) is 15.2. The molecule has 0 saturated carbocycles. The lowest BCUT2D eigenvalue weighted by molar-refractivity contribution is -0.137. The monoisotopic (exact) mass is 330 g/mol. The average molecular weight is 330 g/mol. The van der Waals surface area contributed by atoms with Crippen LogP contribution in [0.2, 0.25) is 0 Å². The Morgan fingerprint density at radius 3 is 2.45 bits per heavy atom. The Balaban J connectivity index is 1.76. The number of imide groups is 1. The van der Waals surface area contributed by atoms with Gasteiger partial charge in [0.05, 0.1) is 12.1 Å². The van der Waals surface area contributed by atoms with Crippen LogP contribution >= 0.6 is 11.8 Å². The summed E-state index contributed by atoms with van der Waals surface area (Å²) in [5, 5.41) is 2.72. The number of nitrogens with zero attached hydrogens (tertiary/aromatic N) is 1. The molecule has 1 aromatic rings. The van der Waals surface area contributed by atoms with Crippen molar-refractivity contribution in [3.05, 3.63) is 35.4 Å². The number of halogens is 3. The summed E-state index contributed by atoms with van der Waals surface area (Å²) >= 11 is 1.60. The molecule has 3 amide bonds. The third-order valence-corrected chi connectivity index (χ3v) is 5.08. The van der Waals surface area contributed by atoms with Gasteiger partial charge in [0, 0.05) is 5.75 Å². The molecule has 1 atom stereocenters. The number of alkyl halides is 3. The van der Waals surface area contributed by atoms with E-state index >= 15 is 0 Å². The van der Waals surface area contributed by atoms with Crippen LogP contribution in [0.4, 0.5) is 18.0 Å². The Morgan fingerprint density at radius 1 is 1.23 bits per heavy atom. The number of urea groups is 1. The van der Waals surface area contributed by atoms with Crippen LogP contribution in [0, 0.1) is 0 Å². The summed E-state index contributed by atoms with van der Waals surface area (Å²) in [6, 6.07) is 4.01. The van der Waals surface area contributed by atoms with Crippen LogP contribution in [0.3, 0.4) is 0 Å². The lowest BCUT2D eigenvalue weighted by atomic mass is 9.99. The molecule has 22 heavy (non-hydrogen) atoms. The minimum atomic E-state index is -4.40. The number of hydrogen-bond acceptors (Lipinski definition) is 3. The lowest BCUT2D eigenvalue weighted by Crippen LogP contribution is -2.46. The van der Waals surface area contributed by atoms with E-state index in [1.54, 1.807) is 11.8 Å². The van der Waals surface area contributed by atoms with Crippen molar-refractivity contribution in [1.29, 1.82) is 0 Å². The second-order valence-corrected chi connectivity index (χ2v) is 6.51. The average Bonchev–Trinajstić information content (AvgIpc) is 3.00. The van der Waals surface area contributed by atoms with Crippen LogP contribution in [0.25, 0.3) is 0 Å². The molecular formula is C14H13F3N2O2S. The standard InChI is InChI=1S/C14H13F3N2O2S/c15-14(16,17)10-3-1-9(2-4-10)7-19-11(20)13(18-12(19)21)5-6-22-8-13/h1-4H,5-8H2,(H,18,21)/t13-/m0/s1. The van der Waals surface area contributed by atoms with Gasteiger partial charge in [-0.3, -0.25) is 9.69 Å². The first-order valence-electron chi connectivity index (χ1n) is 6.70. The van der Waals surface area contributed by atoms with Crippen LogP contribution in [-0.4, -0.2) is 33.9 Å². The number of carbonyl (C=O) groups excluding carboxylic acids is 2. The second kappa shape index (κ2) is 5.19. The van der Waals surface area contributed by atoms with Gasteiger partial charge in [0.25, 0.3) is 5.91 Å². The van der Waals surface area contributed by atoms with Crippen molar-refractivity contribution in [2.45, 2.75) is 24.7 Å². The van der Waals surface area contributed by atoms with Crippen molar-refractivity contribution >= 4 is 23.7 Å². The Morgan fingerprint density at radius 2 is 1.91 bits per heavy atom. The van der Waals surface area contributed by atoms with E-state index in [0.29, 0.717) is 17.7 Å². The van der Waals surface area contributed by atoms with Crippen molar-refractivity contribution < 1.29 is 22.8 Å². The molecule has 3 rings (SSSR count). The zero-order valence-electron chi connectivity index (χ0n) is 11.4. The highest BCUT2D eigenvalue weighted by atomic mass is 32.2. The van der Waals surface area contributed by atoms with Crippen LogP contribution < -0.4 is 5.32 Å². The smallest absolute Gasteiger partial charge is 0.322 e. The Bertz CT molecular complexity index is 610. The SMILES string of the molecule is O=C1N[C@]2(CCSC2)C(=O)N1Cc1ccc(C(F)(F)F)cc1. The lowest BCUT2D eigenvalue weighted by Gasteiger charge is -2.19. The molecule has 2 aliphatic heterocycles. The third-order valence-electron chi connectivity index (χ3n) is 3.89. The van der Waals surface area contributed by atoms with Gasteiger partial charge in [0.2, 0.25) is 0 Å². The van der Waals surface area contributed by atoms with Crippen LogP contribution in [-0.2, 0) is 17.5 Å². The fraction of sp³-hybridized carbons (Fsp3) is 0.429. The van der Waals surface area contributed by atoms with Crippen LogP contribution in [0.15, 0.2) is 24.3 Å². The predicted molar refractivity (Wildman–Crippen MR) is 75.2 cm³/mol. The summed E-state index contributed by atoms with van der Waals surface area (Å²) in [5.41, 5.74) is -1.09. The number of amides is 3. The Kier molecular flexibility index (Phi) is 3.58. The molecule has 0 aromatic heterocycles. The van der Waals surface area contributed by atoms with E-state index in [9.17, 15) is 22.8 Å². The van der Waals surface area contributed by atoms with E-state index in [-0.39, 0.29) is 12.5 Å². The maximum atomic E-state index is 12.5. The normalized spacial score (nSPS) is 25.1. The van der Waals surface area contributed by atoms with E-state index in [2.05, 4.69) is 5.32 Å². The van der Waals surface area contributed by atoms with Crippen molar-refractivity contribution in [2.75, 3.05) is 11.5 Å². The Hall–Kier alpha value is -1.70. The van der Waals surface area contributed by atoms with Gasteiger partial charge in [-0.25, -0.2) is 4.79 Å². The second-order valence-electron chi connectivity index (χ2n) is 5.40. The summed E-state index contributed by atoms with van der Waals surface area (Å²) in [7, 11) is 0. The fourth-order valence-electron chi connectivity index (χ4n) is 2.63. The molecule has 0 radical (unpaired) electrons. The van der Waals surface area contributed by atoms with Gasteiger partial charge in [-0.15, -0.1) is 0 Å². The highest BCUT2D eigenvalue weighted by molar-refractivity contribution is 7.99. The zero-order valence-corrected chi connectivity index (χ0v) is 12.3. The van der Waals surface area contributed by atoms with Crippen molar-refractivity contribution in [2.24, 2.45) is 0 Å². The van der Waals surface area contributed by atoms with Gasteiger partial charge in [0.1, 0.15) is 5.54 Å². The molecule has 1 N–H and O–H groups in total. The van der Waals surface area contributed by atoms with Crippen molar-refractivity contribution in [3.8, 4) is 0 Å². The number of thioether (sulfide) groups is 1. The largest absolute Gasteiger partial charge is 0.416 e. The quantitative estimate of drug-likeness (QED) is 0.848. The van der Waals surface area contributed by atoms with Gasteiger partial charge in [-0.2, -0.15) is 24.9 Å². The first-order valence-corrected chi connectivity index (χ1v) is 7.85. The predicted octanol–water partition coefficient (Wildman–Crippen LogP) is 2.63. The number of rotatable bonds is 2. The van der Waals surface area contributed by atoms with Crippen LogP contribution in [0.5, 0.6) is 0 Å². The summed E-state index contributed by atoms with van der Waals surface area (Å²) in [6.07, 6.45) is -3.81. The number of benzene rings is 1. The molecule has 0 aliphatic carbocycles. The molecule has 0 bridgehead atoms. The molecule has 2 fully saturated rings. The molecule has 1 spiro atoms. The Labute approximate surface area is 129 Å². The minimum absolute atomic E-state index is 0.0186. The molecule has 118 valence electrons. The molecule has 8 heteroatoms.